The van der Waals surface area contributed by atoms with Gasteiger partial charge in [0.1, 0.15) is 5.82 Å². The van der Waals surface area contributed by atoms with Crippen molar-refractivity contribution < 1.29 is 8.42 Å². The van der Waals surface area contributed by atoms with Crippen LogP contribution >= 0.6 is 11.6 Å². The molecule has 0 aliphatic carbocycles. The molecule has 0 atom stereocenters. The Labute approximate surface area is 196 Å². The highest BCUT2D eigenvalue weighted by Crippen LogP contribution is 2.25. The topological polar surface area (TPSA) is 90.1 Å². The van der Waals surface area contributed by atoms with Gasteiger partial charge in [0.05, 0.1) is 39.7 Å². The van der Waals surface area contributed by atoms with Gasteiger partial charge in [-0.05, 0) is 56.2 Å². The lowest BCUT2D eigenvalue weighted by Crippen LogP contribution is -2.35. The van der Waals surface area contributed by atoms with E-state index in [0.29, 0.717) is 46.9 Å². The van der Waals surface area contributed by atoms with Gasteiger partial charge in [-0.2, -0.15) is 4.31 Å². The molecule has 0 N–H and O–H groups in total. The van der Waals surface area contributed by atoms with Crippen molar-refractivity contribution in [3.8, 4) is 0 Å². The van der Waals surface area contributed by atoms with Crippen molar-refractivity contribution in [1.29, 1.82) is 0 Å². The number of hydrogen-bond acceptors (Lipinski definition) is 5. The lowest BCUT2D eigenvalue weighted by atomic mass is 10.2. The molecule has 2 aromatic heterocycles. The Balaban J connectivity index is 1.55. The van der Waals surface area contributed by atoms with Crippen molar-refractivity contribution in [1.82, 2.24) is 23.4 Å². The highest BCUT2D eigenvalue weighted by atomic mass is 35.5. The molecule has 4 aromatic rings. The number of rotatable bonds is 5. The van der Waals surface area contributed by atoms with Crippen LogP contribution in [0.4, 0.5) is 0 Å². The molecule has 8 nitrogen and oxygen atoms in total. The fourth-order valence-electron chi connectivity index (χ4n) is 4.44. The Bertz CT molecular complexity index is 1520. The second-order valence-corrected chi connectivity index (χ2v) is 10.6. The highest BCUT2D eigenvalue weighted by molar-refractivity contribution is 7.89. The molecule has 5 rings (SSSR count). The van der Waals surface area contributed by atoms with Crippen LogP contribution in [0.1, 0.15) is 32.0 Å². The zero-order chi connectivity index (χ0) is 23.2. The minimum absolute atomic E-state index is 0.203. The number of sulfonamides is 1. The van der Waals surface area contributed by atoms with Gasteiger partial charge in [-0.15, -0.1) is 0 Å². The highest BCUT2D eigenvalue weighted by Gasteiger charge is 2.26. The van der Waals surface area contributed by atoms with Gasteiger partial charge >= 0.3 is 0 Å². The molecule has 3 heterocycles. The molecule has 0 radical (unpaired) electrons. The molecular weight excluding hydrogens is 462 g/mol. The van der Waals surface area contributed by atoms with E-state index in [1.165, 1.54) is 10.9 Å². The van der Waals surface area contributed by atoms with E-state index in [-0.39, 0.29) is 17.0 Å². The molecule has 0 amide bonds. The zero-order valence-electron chi connectivity index (χ0n) is 18.2. The Kier molecular flexibility index (Phi) is 5.72. The fourth-order valence-corrected chi connectivity index (χ4v) is 6.15. The van der Waals surface area contributed by atoms with Crippen LogP contribution in [0.15, 0.2) is 52.4 Å². The molecule has 0 spiro atoms. The third-order valence-electron chi connectivity index (χ3n) is 6.17. The number of imidazole rings is 1. The van der Waals surface area contributed by atoms with Crippen molar-refractivity contribution in [2.24, 2.45) is 0 Å². The molecule has 0 bridgehead atoms. The summed E-state index contributed by atoms with van der Waals surface area (Å²) in [6.07, 6.45) is 4.33. The summed E-state index contributed by atoms with van der Waals surface area (Å²) in [5, 5.41) is 0.918. The minimum Gasteiger partial charge on any atom is -0.327 e. The Morgan fingerprint density at radius 2 is 1.82 bits per heavy atom. The molecule has 2 aromatic carbocycles. The van der Waals surface area contributed by atoms with Crippen LogP contribution in [0.2, 0.25) is 5.02 Å². The van der Waals surface area contributed by atoms with Gasteiger partial charge in [0, 0.05) is 24.7 Å². The Morgan fingerprint density at radius 3 is 2.58 bits per heavy atom. The Morgan fingerprint density at radius 1 is 1.03 bits per heavy atom. The van der Waals surface area contributed by atoms with Crippen LogP contribution in [0.25, 0.3) is 21.9 Å². The number of fused-ring (bicyclic) bond motifs is 2. The van der Waals surface area contributed by atoms with Gasteiger partial charge in [0.2, 0.25) is 10.0 Å². The van der Waals surface area contributed by atoms with E-state index >= 15 is 0 Å². The van der Waals surface area contributed by atoms with Gasteiger partial charge in [-0.25, -0.2) is 18.4 Å². The van der Waals surface area contributed by atoms with E-state index in [1.807, 2.05) is 11.5 Å². The first-order valence-electron chi connectivity index (χ1n) is 11.0. The van der Waals surface area contributed by atoms with Crippen molar-refractivity contribution >= 4 is 43.6 Å². The van der Waals surface area contributed by atoms with Gasteiger partial charge in [-0.1, -0.05) is 18.0 Å². The molecule has 33 heavy (non-hydrogen) atoms. The third kappa shape index (κ3) is 3.94. The van der Waals surface area contributed by atoms with Crippen LogP contribution < -0.4 is 5.56 Å². The average Bonchev–Trinajstić information content (AvgIpc) is 3.18. The van der Waals surface area contributed by atoms with E-state index in [0.717, 1.165) is 24.8 Å². The van der Waals surface area contributed by atoms with Crippen LogP contribution in [-0.4, -0.2) is 44.9 Å². The smallest absolute Gasteiger partial charge is 0.261 e. The molecule has 0 saturated carbocycles. The summed E-state index contributed by atoms with van der Waals surface area (Å²) in [6, 6.07) is 10.1. The molecule has 10 heteroatoms. The number of benzene rings is 2. The predicted octanol–water partition coefficient (Wildman–Crippen LogP) is 3.64. The summed E-state index contributed by atoms with van der Waals surface area (Å²) >= 11 is 6.07. The number of aromatic nitrogens is 4. The van der Waals surface area contributed by atoms with E-state index in [1.54, 1.807) is 40.7 Å². The molecule has 1 fully saturated rings. The fraction of sp³-hybridized carbons (Fsp3) is 0.348. The van der Waals surface area contributed by atoms with Crippen LogP contribution in [-0.2, 0) is 23.1 Å². The quantitative estimate of drug-likeness (QED) is 0.430. The number of piperidine rings is 1. The SMILES string of the molecule is CCn1c(Cn2cnc3ccc(Cl)cc3c2=O)nc2cc(S(=O)(=O)N3CCCCC3)ccc21. The first-order chi connectivity index (χ1) is 15.9. The molecule has 172 valence electrons. The Hall–Kier alpha value is -2.75. The van der Waals surface area contributed by atoms with Crippen molar-refractivity contribution in [2.45, 2.75) is 44.2 Å². The summed E-state index contributed by atoms with van der Waals surface area (Å²) in [6.45, 7) is 3.94. The minimum atomic E-state index is -3.55. The van der Waals surface area contributed by atoms with Crippen LogP contribution in [0.5, 0.6) is 0 Å². The predicted molar refractivity (Wildman–Crippen MR) is 128 cm³/mol. The normalized spacial score (nSPS) is 15.5. The molecule has 1 aliphatic rings. The lowest BCUT2D eigenvalue weighted by Gasteiger charge is -2.25. The second-order valence-electron chi connectivity index (χ2n) is 8.23. The standard InChI is InChI=1S/C23H24ClN5O3S/c1-2-29-21-9-7-17(33(31,32)28-10-4-3-5-11-28)13-20(21)26-22(29)14-27-15-25-19-8-6-16(24)12-18(19)23(27)30/h6-9,12-13,15H,2-5,10-11,14H2,1H3. The first kappa shape index (κ1) is 22.1. The number of nitrogens with zero attached hydrogens (tertiary/aromatic N) is 5. The third-order valence-corrected chi connectivity index (χ3v) is 8.30. The van der Waals surface area contributed by atoms with E-state index in [2.05, 4.69) is 4.98 Å². The summed E-state index contributed by atoms with van der Waals surface area (Å²) in [4.78, 5) is 22.3. The van der Waals surface area contributed by atoms with Crippen LogP contribution in [0.3, 0.4) is 0 Å². The van der Waals surface area contributed by atoms with Crippen molar-refractivity contribution in [3.05, 3.63) is 63.9 Å². The summed E-state index contributed by atoms with van der Waals surface area (Å²) in [7, 11) is -3.55. The number of halogens is 1. The van der Waals surface area contributed by atoms with Crippen LogP contribution in [0, 0.1) is 0 Å². The maximum absolute atomic E-state index is 13.1. The monoisotopic (exact) mass is 485 g/mol. The van der Waals surface area contributed by atoms with Gasteiger partial charge in [0.25, 0.3) is 5.56 Å². The van der Waals surface area contributed by atoms with Crippen molar-refractivity contribution in [3.63, 3.8) is 0 Å². The van der Waals surface area contributed by atoms with E-state index < -0.39 is 10.0 Å². The van der Waals surface area contributed by atoms with E-state index in [4.69, 9.17) is 16.6 Å². The van der Waals surface area contributed by atoms with Gasteiger partial charge in [0.15, 0.2) is 0 Å². The molecule has 1 saturated heterocycles. The maximum Gasteiger partial charge on any atom is 0.261 e. The number of hydrogen-bond donors (Lipinski definition) is 0. The lowest BCUT2D eigenvalue weighted by molar-refractivity contribution is 0.346. The summed E-state index contributed by atoms with van der Waals surface area (Å²) in [5.41, 5.74) is 1.80. The van der Waals surface area contributed by atoms with E-state index in [9.17, 15) is 13.2 Å². The molecule has 0 unspecified atom stereocenters. The second kappa shape index (κ2) is 8.55. The zero-order valence-corrected chi connectivity index (χ0v) is 19.8. The van der Waals surface area contributed by atoms with Gasteiger partial charge in [-0.3, -0.25) is 9.36 Å². The number of aryl methyl sites for hydroxylation is 1. The summed E-state index contributed by atoms with van der Waals surface area (Å²) < 4.78 is 31.3. The largest absolute Gasteiger partial charge is 0.327 e. The average molecular weight is 486 g/mol. The molecule has 1 aliphatic heterocycles. The summed E-state index contributed by atoms with van der Waals surface area (Å²) in [5.74, 6) is 0.658. The first-order valence-corrected chi connectivity index (χ1v) is 12.8. The molecular formula is C23H24ClN5O3S. The van der Waals surface area contributed by atoms with Gasteiger partial charge < -0.3 is 4.57 Å². The maximum atomic E-state index is 13.1. The van der Waals surface area contributed by atoms with Crippen molar-refractivity contribution in [2.75, 3.05) is 13.1 Å².